The van der Waals surface area contributed by atoms with E-state index in [9.17, 15) is 4.79 Å². The number of carbonyl (C=O) groups excluding carboxylic acids is 1. The minimum absolute atomic E-state index is 0.0104. The van der Waals surface area contributed by atoms with E-state index in [1.54, 1.807) is 0 Å². The summed E-state index contributed by atoms with van der Waals surface area (Å²) >= 11 is 0. The Morgan fingerprint density at radius 1 is 1.31 bits per heavy atom. The predicted molar refractivity (Wildman–Crippen MR) is 55.6 cm³/mol. The molecule has 0 unspecified atom stereocenters. The zero-order valence-corrected chi connectivity index (χ0v) is 9.61. The quantitative estimate of drug-likeness (QED) is 0.587. The Kier molecular flexibility index (Phi) is 2.44. The van der Waals surface area contributed by atoms with Gasteiger partial charge in [0.2, 0.25) is 0 Å². The molecule has 0 N–H and O–H groups in total. The van der Waals surface area contributed by atoms with Crippen LogP contribution in [-0.4, -0.2) is 31.1 Å². The third-order valence-corrected chi connectivity index (χ3v) is 4.23. The van der Waals surface area contributed by atoms with Gasteiger partial charge in [0.15, 0.2) is 5.79 Å². The van der Waals surface area contributed by atoms with Crippen molar-refractivity contribution >= 4 is 5.97 Å². The summed E-state index contributed by atoms with van der Waals surface area (Å²) in [6.45, 7) is 3.31. The lowest BCUT2D eigenvalue weighted by atomic mass is 9.70. The van der Waals surface area contributed by atoms with E-state index in [1.807, 2.05) is 6.92 Å². The van der Waals surface area contributed by atoms with E-state index >= 15 is 0 Å². The van der Waals surface area contributed by atoms with Crippen molar-refractivity contribution in [2.75, 3.05) is 13.2 Å². The van der Waals surface area contributed by atoms with Crippen LogP contribution in [0.5, 0.6) is 0 Å². The Balaban J connectivity index is 1.88. The SMILES string of the molecule is C[C@H]1OC(=O)C[C@H]2[C@H]1CCCC21OCCO1. The molecular weight excluding hydrogens is 208 g/mol. The van der Waals surface area contributed by atoms with Gasteiger partial charge in [-0.1, -0.05) is 0 Å². The number of ether oxygens (including phenoxy) is 3. The van der Waals surface area contributed by atoms with Crippen LogP contribution in [0.15, 0.2) is 0 Å². The number of fused-ring (bicyclic) bond motifs is 2. The molecule has 3 atom stereocenters. The minimum Gasteiger partial charge on any atom is -0.462 e. The van der Waals surface area contributed by atoms with Crippen LogP contribution >= 0.6 is 0 Å². The summed E-state index contributed by atoms with van der Waals surface area (Å²) in [5, 5.41) is 0. The minimum atomic E-state index is -0.476. The van der Waals surface area contributed by atoms with Gasteiger partial charge in [-0.15, -0.1) is 0 Å². The molecule has 4 heteroatoms. The molecule has 0 aromatic heterocycles. The van der Waals surface area contributed by atoms with Crippen LogP contribution < -0.4 is 0 Å². The molecule has 3 aliphatic rings. The second kappa shape index (κ2) is 3.70. The van der Waals surface area contributed by atoms with E-state index in [0.717, 1.165) is 19.3 Å². The summed E-state index contributed by atoms with van der Waals surface area (Å²) in [6.07, 6.45) is 3.61. The average Bonchev–Trinajstić information content (AvgIpc) is 2.69. The van der Waals surface area contributed by atoms with Crippen molar-refractivity contribution < 1.29 is 19.0 Å². The second-order valence-corrected chi connectivity index (χ2v) is 5.07. The first-order chi connectivity index (χ1) is 7.71. The topological polar surface area (TPSA) is 44.8 Å². The van der Waals surface area contributed by atoms with Gasteiger partial charge in [0.1, 0.15) is 6.10 Å². The maximum absolute atomic E-state index is 11.5. The Morgan fingerprint density at radius 3 is 2.81 bits per heavy atom. The first-order valence-corrected chi connectivity index (χ1v) is 6.19. The van der Waals surface area contributed by atoms with Crippen LogP contribution in [0.3, 0.4) is 0 Å². The summed E-state index contributed by atoms with van der Waals surface area (Å²) in [4.78, 5) is 11.5. The molecule has 90 valence electrons. The number of carbonyl (C=O) groups is 1. The van der Waals surface area contributed by atoms with Crippen LogP contribution in [0.4, 0.5) is 0 Å². The van der Waals surface area contributed by atoms with Gasteiger partial charge >= 0.3 is 5.97 Å². The summed E-state index contributed by atoms with van der Waals surface area (Å²) in [5.41, 5.74) is 0. The van der Waals surface area contributed by atoms with Gasteiger partial charge in [0.25, 0.3) is 0 Å². The molecule has 1 aliphatic carbocycles. The smallest absolute Gasteiger partial charge is 0.306 e. The third kappa shape index (κ3) is 1.47. The number of rotatable bonds is 0. The second-order valence-electron chi connectivity index (χ2n) is 5.07. The molecule has 0 radical (unpaired) electrons. The highest BCUT2D eigenvalue weighted by Gasteiger charge is 2.54. The first kappa shape index (κ1) is 10.5. The number of hydrogen-bond donors (Lipinski definition) is 0. The molecule has 0 amide bonds. The Hall–Kier alpha value is -0.610. The van der Waals surface area contributed by atoms with Crippen molar-refractivity contribution in [3.63, 3.8) is 0 Å². The summed E-state index contributed by atoms with van der Waals surface area (Å²) in [5.74, 6) is 0.0232. The maximum Gasteiger partial charge on any atom is 0.306 e. The van der Waals surface area contributed by atoms with Crippen molar-refractivity contribution in [1.82, 2.24) is 0 Å². The molecule has 2 saturated heterocycles. The van der Waals surface area contributed by atoms with E-state index in [2.05, 4.69) is 0 Å². The molecule has 2 heterocycles. The standard InChI is InChI=1S/C12H18O4/c1-8-9-3-2-4-12(14-5-6-15-12)10(9)7-11(13)16-8/h8-10H,2-7H2,1H3/t8-,9+,10+/m1/s1. The zero-order valence-electron chi connectivity index (χ0n) is 9.61. The van der Waals surface area contributed by atoms with Gasteiger partial charge in [-0.05, 0) is 19.8 Å². The largest absolute Gasteiger partial charge is 0.462 e. The third-order valence-electron chi connectivity index (χ3n) is 4.23. The predicted octanol–water partition coefficient (Wildman–Crippen LogP) is 1.48. The first-order valence-electron chi connectivity index (χ1n) is 6.19. The molecule has 2 aliphatic heterocycles. The van der Waals surface area contributed by atoms with E-state index in [4.69, 9.17) is 14.2 Å². The van der Waals surface area contributed by atoms with Crippen molar-refractivity contribution in [1.29, 1.82) is 0 Å². The normalized spacial score (nSPS) is 41.8. The monoisotopic (exact) mass is 226 g/mol. The van der Waals surface area contributed by atoms with E-state index in [0.29, 0.717) is 25.6 Å². The van der Waals surface area contributed by atoms with Crippen molar-refractivity contribution in [2.45, 2.75) is 44.5 Å². The van der Waals surface area contributed by atoms with Crippen LogP contribution in [0.2, 0.25) is 0 Å². The molecule has 1 saturated carbocycles. The molecule has 4 nitrogen and oxygen atoms in total. The summed E-state index contributed by atoms with van der Waals surface area (Å²) in [7, 11) is 0. The van der Waals surface area contributed by atoms with Gasteiger partial charge in [-0.3, -0.25) is 4.79 Å². The Labute approximate surface area is 95.2 Å². The molecule has 0 aromatic rings. The van der Waals surface area contributed by atoms with Crippen LogP contribution in [0, 0.1) is 11.8 Å². The lowest BCUT2D eigenvalue weighted by molar-refractivity contribution is -0.249. The van der Waals surface area contributed by atoms with Crippen LogP contribution in [-0.2, 0) is 19.0 Å². The molecule has 3 rings (SSSR count). The highest BCUT2D eigenvalue weighted by Crippen LogP contribution is 2.48. The highest BCUT2D eigenvalue weighted by molar-refractivity contribution is 5.71. The van der Waals surface area contributed by atoms with Crippen LogP contribution in [0.25, 0.3) is 0 Å². The van der Waals surface area contributed by atoms with Crippen LogP contribution in [0.1, 0.15) is 32.6 Å². The molecule has 3 fully saturated rings. The highest BCUT2D eigenvalue weighted by atomic mass is 16.7. The van der Waals surface area contributed by atoms with Crippen molar-refractivity contribution in [3.05, 3.63) is 0 Å². The molecule has 1 spiro atoms. The fourth-order valence-corrected chi connectivity index (χ4v) is 3.52. The van der Waals surface area contributed by atoms with E-state index < -0.39 is 5.79 Å². The maximum atomic E-state index is 11.5. The van der Waals surface area contributed by atoms with Crippen molar-refractivity contribution in [2.24, 2.45) is 11.8 Å². The summed E-state index contributed by atoms with van der Waals surface area (Å²) < 4.78 is 16.9. The number of cyclic esters (lactones) is 1. The molecule has 0 aromatic carbocycles. The van der Waals surface area contributed by atoms with Gasteiger partial charge in [-0.2, -0.15) is 0 Å². The average molecular weight is 226 g/mol. The lowest BCUT2D eigenvalue weighted by Crippen LogP contribution is -2.53. The Bertz CT molecular complexity index is 295. The Morgan fingerprint density at radius 2 is 2.06 bits per heavy atom. The van der Waals surface area contributed by atoms with Gasteiger partial charge < -0.3 is 14.2 Å². The van der Waals surface area contributed by atoms with Crippen molar-refractivity contribution in [3.8, 4) is 0 Å². The molecular formula is C12H18O4. The number of esters is 1. The lowest BCUT2D eigenvalue weighted by Gasteiger charge is -2.47. The van der Waals surface area contributed by atoms with Gasteiger partial charge in [0.05, 0.1) is 19.6 Å². The van der Waals surface area contributed by atoms with Gasteiger partial charge in [0, 0.05) is 18.3 Å². The van der Waals surface area contributed by atoms with Gasteiger partial charge in [-0.25, -0.2) is 0 Å². The van der Waals surface area contributed by atoms with E-state index in [-0.39, 0.29) is 18.0 Å². The summed E-state index contributed by atoms with van der Waals surface area (Å²) in [6, 6.07) is 0. The fourth-order valence-electron chi connectivity index (χ4n) is 3.52. The number of hydrogen-bond acceptors (Lipinski definition) is 4. The molecule has 16 heavy (non-hydrogen) atoms. The van der Waals surface area contributed by atoms with E-state index in [1.165, 1.54) is 0 Å². The fraction of sp³-hybridized carbons (Fsp3) is 0.917. The zero-order chi connectivity index (χ0) is 11.2. The molecule has 0 bridgehead atoms.